The number of nitrogens with one attached hydrogen (secondary N) is 1. The average Bonchev–Trinajstić information content (AvgIpc) is 2.26. The summed E-state index contributed by atoms with van der Waals surface area (Å²) in [6.45, 7) is 1.96. The Bertz CT molecular complexity index is 360. The molecular weight excluding hydrogens is 291 g/mol. The molecule has 0 aliphatic heterocycles. The van der Waals surface area contributed by atoms with Crippen LogP contribution in [-0.2, 0) is 0 Å². The van der Waals surface area contributed by atoms with E-state index in [0.717, 1.165) is 12.8 Å². The van der Waals surface area contributed by atoms with Crippen molar-refractivity contribution in [2.45, 2.75) is 25.8 Å². The van der Waals surface area contributed by atoms with E-state index in [2.05, 4.69) is 26.2 Å². The smallest absolute Gasteiger partial charge is 0.271 e. The standard InChI is InChI=1S/C11H14BrClN2O/c1-8(4-2-6-13)15-11(16)10-9(12)5-3-7-14-10/h3,5,7-8H,2,4,6H2,1H3,(H,15,16). The zero-order valence-corrected chi connectivity index (χ0v) is 11.4. The van der Waals surface area contributed by atoms with Gasteiger partial charge in [-0.2, -0.15) is 0 Å². The number of carbonyl (C=O) groups is 1. The predicted octanol–water partition coefficient (Wildman–Crippen LogP) is 2.98. The van der Waals surface area contributed by atoms with Crippen LogP contribution in [0.3, 0.4) is 0 Å². The lowest BCUT2D eigenvalue weighted by Gasteiger charge is -2.13. The van der Waals surface area contributed by atoms with Gasteiger partial charge in [-0.25, -0.2) is 4.98 Å². The van der Waals surface area contributed by atoms with Crippen LogP contribution in [0.5, 0.6) is 0 Å². The topological polar surface area (TPSA) is 42.0 Å². The first kappa shape index (κ1) is 13.5. The van der Waals surface area contributed by atoms with E-state index in [9.17, 15) is 4.79 Å². The lowest BCUT2D eigenvalue weighted by molar-refractivity contribution is 0.0932. The molecule has 0 spiro atoms. The van der Waals surface area contributed by atoms with Gasteiger partial charge in [-0.05, 0) is 47.8 Å². The lowest BCUT2D eigenvalue weighted by Crippen LogP contribution is -2.33. The minimum Gasteiger partial charge on any atom is -0.348 e. The molecule has 0 saturated carbocycles. The molecule has 1 aromatic heterocycles. The van der Waals surface area contributed by atoms with Gasteiger partial charge < -0.3 is 5.32 Å². The van der Waals surface area contributed by atoms with Crippen molar-refractivity contribution in [2.75, 3.05) is 5.88 Å². The molecule has 0 aromatic carbocycles. The van der Waals surface area contributed by atoms with Crippen molar-refractivity contribution in [3.05, 3.63) is 28.5 Å². The Kier molecular flexibility index (Phi) is 5.77. The summed E-state index contributed by atoms with van der Waals surface area (Å²) in [6, 6.07) is 3.68. The Morgan fingerprint density at radius 2 is 2.44 bits per heavy atom. The number of hydrogen-bond donors (Lipinski definition) is 1. The molecule has 1 heterocycles. The Morgan fingerprint density at radius 1 is 1.69 bits per heavy atom. The maximum atomic E-state index is 11.8. The van der Waals surface area contributed by atoms with Crippen LogP contribution in [0.2, 0.25) is 0 Å². The van der Waals surface area contributed by atoms with Gasteiger partial charge in [0, 0.05) is 22.6 Å². The molecular formula is C11H14BrClN2O. The molecule has 3 nitrogen and oxygen atoms in total. The Morgan fingerprint density at radius 3 is 3.06 bits per heavy atom. The monoisotopic (exact) mass is 304 g/mol. The summed E-state index contributed by atoms with van der Waals surface area (Å²) in [5.74, 6) is 0.461. The van der Waals surface area contributed by atoms with Gasteiger partial charge in [-0.15, -0.1) is 11.6 Å². The zero-order valence-electron chi connectivity index (χ0n) is 9.04. The third-order valence-corrected chi connectivity index (χ3v) is 3.03. The molecule has 1 unspecified atom stereocenters. The van der Waals surface area contributed by atoms with E-state index in [1.807, 2.05) is 6.92 Å². The summed E-state index contributed by atoms with van der Waals surface area (Å²) in [6.07, 6.45) is 3.37. The highest BCUT2D eigenvalue weighted by atomic mass is 79.9. The molecule has 0 saturated heterocycles. The van der Waals surface area contributed by atoms with Gasteiger partial charge in [0.15, 0.2) is 0 Å². The van der Waals surface area contributed by atoms with E-state index in [0.29, 0.717) is 16.0 Å². The van der Waals surface area contributed by atoms with Crippen molar-refractivity contribution in [1.82, 2.24) is 10.3 Å². The molecule has 16 heavy (non-hydrogen) atoms. The summed E-state index contributed by atoms with van der Waals surface area (Å²) in [7, 11) is 0. The number of amides is 1. The second-order valence-corrected chi connectivity index (χ2v) is 4.77. The van der Waals surface area contributed by atoms with Gasteiger partial charge in [-0.3, -0.25) is 4.79 Å². The second-order valence-electron chi connectivity index (χ2n) is 3.54. The number of carbonyl (C=O) groups excluding carboxylic acids is 1. The Labute approximate surface area is 109 Å². The third-order valence-electron chi connectivity index (χ3n) is 2.12. The Balaban J connectivity index is 2.56. The Hall–Kier alpha value is -0.610. The number of halogens is 2. The number of nitrogens with zero attached hydrogens (tertiary/aromatic N) is 1. The SMILES string of the molecule is CC(CCCCl)NC(=O)c1ncccc1Br. The van der Waals surface area contributed by atoms with Gasteiger partial charge in [0.1, 0.15) is 5.69 Å². The van der Waals surface area contributed by atoms with E-state index in [-0.39, 0.29) is 11.9 Å². The molecule has 1 atom stereocenters. The first-order valence-electron chi connectivity index (χ1n) is 5.12. The second kappa shape index (κ2) is 6.86. The van der Waals surface area contributed by atoms with Gasteiger partial charge >= 0.3 is 0 Å². The largest absolute Gasteiger partial charge is 0.348 e. The van der Waals surface area contributed by atoms with Crippen LogP contribution in [0.25, 0.3) is 0 Å². The quantitative estimate of drug-likeness (QED) is 0.850. The fourth-order valence-electron chi connectivity index (χ4n) is 1.30. The number of aromatic nitrogens is 1. The van der Waals surface area contributed by atoms with Gasteiger partial charge in [0.2, 0.25) is 0 Å². The predicted molar refractivity (Wildman–Crippen MR) is 68.8 cm³/mol. The van der Waals surface area contributed by atoms with E-state index in [1.54, 1.807) is 18.3 Å². The van der Waals surface area contributed by atoms with Gasteiger partial charge in [0.05, 0.1) is 0 Å². The van der Waals surface area contributed by atoms with Crippen molar-refractivity contribution >= 4 is 33.4 Å². The van der Waals surface area contributed by atoms with Gasteiger partial charge in [-0.1, -0.05) is 0 Å². The normalized spacial score (nSPS) is 12.2. The van der Waals surface area contributed by atoms with Crippen LogP contribution in [0.15, 0.2) is 22.8 Å². The fraction of sp³-hybridized carbons (Fsp3) is 0.455. The molecule has 1 amide bonds. The number of alkyl halides is 1. The number of rotatable bonds is 5. The first-order chi connectivity index (χ1) is 7.65. The van der Waals surface area contributed by atoms with Crippen LogP contribution in [0, 0.1) is 0 Å². The molecule has 88 valence electrons. The maximum absolute atomic E-state index is 11.8. The van der Waals surface area contributed by atoms with Crippen LogP contribution in [-0.4, -0.2) is 22.8 Å². The molecule has 1 N–H and O–H groups in total. The van der Waals surface area contributed by atoms with E-state index in [1.165, 1.54) is 0 Å². The van der Waals surface area contributed by atoms with Crippen molar-refractivity contribution in [3.8, 4) is 0 Å². The number of hydrogen-bond acceptors (Lipinski definition) is 2. The summed E-state index contributed by atoms with van der Waals surface area (Å²) in [5.41, 5.74) is 0.417. The summed E-state index contributed by atoms with van der Waals surface area (Å²) >= 11 is 8.89. The van der Waals surface area contributed by atoms with Crippen LogP contribution >= 0.6 is 27.5 Å². The van der Waals surface area contributed by atoms with E-state index < -0.39 is 0 Å². The number of pyridine rings is 1. The van der Waals surface area contributed by atoms with Gasteiger partial charge in [0.25, 0.3) is 5.91 Å². The molecule has 1 rings (SSSR count). The third kappa shape index (κ3) is 4.10. The van der Waals surface area contributed by atoms with Crippen molar-refractivity contribution in [2.24, 2.45) is 0 Å². The lowest BCUT2D eigenvalue weighted by atomic mass is 10.2. The average molecular weight is 306 g/mol. The van der Waals surface area contributed by atoms with Crippen LogP contribution < -0.4 is 5.32 Å². The summed E-state index contributed by atoms with van der Waals surface area (Å²) < 4.78 is 0.706. The summed E-state index contributed by atoms with van der Waals surface area (Å²) in [5, 5.41) is 2.88. The zero-order chi connectivity index (χ0) is 12.0. The molecule has 0 radical (unpaired) electrons. The maximum Gasteiger partial charge on any atom is 0.271 e. The van der Waals surface area contributed by atoms with Crippen molar-refractivity contribution in [3.63, 3.8) is 0 Å². The van der Waals surface area contributed by atoms with Crippen LogP contribution in [0.1, 0.15) is 30.3 Å². The summed E-state index contributed by atoms with van der Waals surface area (Å²) in [4.78, 5) is 15.8. The molecule has 0 fully saturated rings. The molecule has 0 aliphatic rings. The molecule has 5 heteroatoms. The van der Waals surface area contributed by atoms with E-state index in [4.69, 9.17) is 11.6 Å². The minimum atomic E-state index is -0.158. The van der Waals surface area contributed by atoms with Crippen molar-refractivity contribution < 1.29 is 4.79 Å². The highest BCUT2D eigenvalue weighted by Gasteiger charge is 2.13. The van der Waals surface area contributed by atoms with Crippen molar-refractivity contribution in [1.29, 1.82) is 0 Å². The molecule has 0 aliphatic carbocycles. The first-order valence-corrected chi connectivity index (χ1v) is 6.45. The highest BCUT2D eigenvalue weighted by Crippen LogP contribution is 2.13. The minimum absolute atomic E-state index is 0.111. The fourth-order valence-corrected chi connectivity index (χ4v) is 1.89. The van der Waals surface area contributed by atoms with E-state index >= 15 is 0 Å². The van der Waals surface area contributed by atoms with Crippen LogP contribution in [0.4, 0.5) is 0 Å². The molecule has 1 aromatic rings. The highest BCUT2D eigenvalue weighted by molar-refractivity contribution is 9.10. The molecule has 0 bridgehead atoms.